The van der Waals surface area contributed by atoms with Crippen LogP contribution in [-0.2, 0) is 0 Å². The summed E-state index contributed by atoms with van der Waals surface area (Å²) in [5.74, 6) is -1.29. The van der Waals surface area contributed by atoms with Gasteiger partial charge in [-0.15, -0.1) is 0 Å². The van der Waals surface area contributed by atoms with Gasteiger partial charge in [0.05, 0.1) is 0 Å². The Kier molecular flexibility index (Phi) is 3.82. The summed E-state index contributed by atoms with van der Waals surface area (Å²) in [6.07, 6.45) is 4.91. The van der Waals surface area contributed by atoms with Crippen LogP contribution >= 0.6 is 0 Å². The van der Waals surface area contributed by atoms with Crippen molar-refractivity contribution in [2.24, 2.45) is 0 Å². The van der Waals surface area contributed by atoms with E-state index in [0.29, 0.717) is 5.56 Å². The number of halogens is 3. The van der Waals surface area contributed by atoms with Crippen molar-refractivity contribution in [1.29, 1.82) is 0 Å². The van der Waals surface area contributed by atoms with E-state index in [1.807, 2.05) is 0 Å². The van der Waals surface area contributed by atoms with Gasteiger partial charge in [0.25, 0.3) is 0 Å². The van der Waals surface area contributed by atoms with Crippen LogP contribution in [0.25, 0.3) is 0 Å². The van der Waals surface area contributed by atoms with Gasteiger partial charge in [0, 0.05) is 18.8 Å². The van der Waals surface area contributed by atoms with E-state index in [1.54, 1.807) is 30.9 Å². The molecule has 0 amide bonds. The molecular weight excluding hydrogens is 243 g/mol. The molecule has 1 radical (unpaired) electrons. The molecular formula is C13H9F3NO. The first-order valence-corrected chi connectivity index (χ1v) is 5.14. The Hall–Kier alpha value is -2.04. The number of aromatic nitrogens is 1. The molecule has 0 unspecified atom stereocenters. The van der Waals surface area contributed by atoms with Gasteiger partial charge < -0.3 is 4.74 Å². The number of hydrogen-bond donors (Lipinski definition) is 0. The molecule has 0 N–H and O–H groups in total. The smallest absolute Gasteiger partial charge is 0.387 e. The van der Waals surface area contributed by atoms with Crippen molar-refractivity contribution in [3.8, 4) is 5.75 Å². The Morgan fingerprint density at radius 1 is 1.17 bits per heavy atom. The van der Waals surface area contributed by atoms with Crippen LogP contribution in [-0.4, -0.2) is 11.6 Å². The van der Waals surface area contributed by atoms with Gasteiger partial charge in [-0.1, -0.05) is 12.1 Å². The van der Waals surface area contributed by atoms with Crippen LogP contribution in [0.5, 0.6) is 5.75 Å². The third kappa shape index (κ3) is 3.23. The van der Waals surface area contributed by atoms with Crippen molar-refractivity contribution in [2.45, 2.75) is 6.61 Å². The molecule has 5 heteroatoms. The second-order valence-electron chi connectivity index (χ2n) is 3.50. The summed E-state index contributed by atoms with van der Waals surface area (Å²) in [6.45, 7) is -3.05. The molecule has 93 valence electrons. The highest BCUT2D eigenvalue weighted by atomic mass is 19.3. The lowest BCUT2D eigenvalue weighted by molar-refractivity contribution is -0.0522. The lowest BCUT2D eigenvalue weighted by Gasteiger charge is -2.07. The largest absolute Gasteiger partial charge is 0.432 e. The summed E-state index contributed by atoms with van der Waals surface area (Å²) < 4.78 is 41.4. The van der Waals surface area contributed by atoms with E-state index in [9.17, 15) is 13.2 Å². The van der Waals surface area contributed by atoms with E-state index in [-0.39, 0.29) is 0 Å². The summed E-state index contributed by atoms with van der Waals surface area (Å²) >= 11 is 0. The summed E-state index contributed by atoms with van der Waals surface area (Å²) in [5.41, 5.74) is 1.34. The lowest BCUT2D eigenvalue weighted by atomic mass is 10.1. The molecule has 0 aliphatic heterocycles. The van der Waals surface area contributed by atoms with Crippen LogP contribution in [0, 0.1) is 12.2 Å². The number of hydrogen-bond acceptors (Lipinski definition) is 2. The minimum Gasteiger partial charge on any atom is -0.432 e. The third-order valence-corrected chi connectivity index (χ3v) is 2.19. The second-order valence-corrected chi connectivity index (χ2v) is 3.50. The van der Waals surface area contributed by atoms with Crippen LogP contribution < -0.4 is 4.74 Å². The fraction of sp³-hybridized carbons (Fsp3) is 0.0769. The Labute approximate surface area is 102 Å². The maximum absolute atomic E-state index is 13.2. The molecule has 0 saturated heterocycles. The molecule has 1 aromatic carbocycles. The van der Waals surface area contributed by atoms with Crippen molar-refractivity contribution in [3.05, 3.63) is 66.1 Å². The first-order chi connectivity index (χ1) is 8.65. The van der Waals surface area contributed by atoms with Crippen molar-refractivity contribution >= 4 is 0 Å². The van der Waals surface area contributed by atoms with E-state index in [4.69, 9.17) is 0 Å². The monoisotopic (exact) mass is 252 g/mol. The normalized spacial score (nSPS) is 10.7. The van der Waals surface area contributed by atoms with Gasteiger partial charge in [-0.05, 0) is 29.3 Å². The third-order valence-electron chi connectivity index (χ3n) is 2.19. The first-order valence-electron chi connectivity index (χ1n) is 5.14. The van der Waals surface area contributed by atoms with Gasteiger partial charge in [-0.2, -0.15) is 8.78 Å². The predicted molar refractivity (Wildman–Crippen MR) is 59.8 cm³/mol. The van der Waals surface area contributed by atoms with E-state index < -0.39 is 18.2 Å². The van der Waals surface area contributed by atoms with Crippen molar-refractivity contribution in [2.75, 3.05) is 0 Å². The Morgan fingerprint density at radius 2 is 2.00 bits per heavy atom. The van der Waals surface area contributed by atoms with Gasteiger partial charge >= 0.3 is 6.61 Å². The fourth-order valence-electron chi connectivity index (χ4n) is 1.45. The van der Waals surface area contributed by atoms with Crippen LogP contribution in [0.4, 0.5) is 13.2 Å². The Bertz CT molecular complexity index is 517. The molecule has 0 atom stereocenters. The Balaban J connectivity index is 2.19. The number of nitrogens with zero attached hydrogens (tertiary/aromatic N) is 1. The van der Waals surface area contributed by atoms with Gasteiger partial charge in [0.2, 0.25) is 0 Å². The molecule has 0 aliphatic rings. The average Bonchev–Trinajstić information content (AvgIpc) is 2.34. The minimum atomic E-state index is -3.05. The number of alkyl halides is 2. The van der Waals surface area contributed by atoms with Gasteiger partial charge in [0.15, 0.2) is 11.6 Å². The number of benzene rings is 1. The quantitative estimate of drug-likeness (QED) is 0.831. The molecule has 0 saturated carbocycles. The predicted octanol–water partition coefficient (Wildman–Crippen LogP) is 3.42. The molecule has 0 bridgehead atoms. The van der Waals surface area contributed by atoms with Crippen LogP contribution in [0.3, 0.4) is 0 Å². The van der Waals surface area contributed by atoms with Crippen molar-refractivity contribution in [3.63, 3.8) is 0 Å². The van der Waals surface area contributed by atoms with Gasteiger partial charge in [-0.3, -0.25) is 4.98 Å². The topological polar surface area (TPSA) is 22.1 Å². The highest BCUT2D eigenvalue weighted by Crippen LogP contribution is 2.23. The lowest BCUT2D eigenvalue weighted by Crippen LogP contribution is -2.04. The number of rotatable bonds is 4. The maximum Gasteiger partial charge on any atom is 0.387 e. The van der Waals surface area contributed by atoms with Crippen molar-refractivity contribution in [1.82, 2.24) is 4.98 Å². The van der Waals surface area contributed by atoms with Gasteiger partial charge in [0.1, 0.15) is 0 Å². The minimum absolute atomic E-state index is 0.470. The van der Waals surface area contributed by atoms with Crippen LogP contribution in [0.1, 0.15) is 11.1 Å². The van der Waals surface area contributed by atoms with Crippen molar-refractivity contribution < 1.29 is 17.9 Å². The van der Waals surface area contributed by atoms with E-state index in [2.05, 4.69) is 9.72 Å². The zero-order chi connectivity index (χ0) is 13.0. The fourth-order valence-corrected chi connectivity index (χ4v) is 1.45. The zero-order valence-corrected chi connectivity index (χ0v) is 9.19. The zero-order valence-electron chi connectivity index (χ0n) is 9.19. The SMILES string of the molecule is Fc1ccc([CH]c2cccnc2)cc1OC(F)F. The molecule has 2 nitrogen and oxygen atoms in total. The Morgan fingerprint density at radius 3 is 2.67 bits per heavy atom. The second kappa shape index (κ2) is 5.53. The summed E-state index contributed by atoms with van der Waals surface area (Å²) in [7, 11) is 0. The molecule has 1 heterocycles. The molecule has 0 aliphatic carbocycles. The standard InChI is InChI=1S/C13H9F3NO/c14-11-4-3-9(7-12(11)18-13(15)16)6-10-2-1-5-17-8-10/h1-8,13H. The number of pyridine rings is 1. The van der Waals surface area contributed by atoms with E-state index in [1.165, 1.54) is 12.1 Å². The summed E-state index contributed by atoms with van der Waals surface area (Å²) in [5, 5.41) is 0. The van der Waals surface area contributed by atoms with Crippen LogP contribution in [0.2, 0.25) is 0 Å². The highest BCUT2D eigenvalue weighted by molar-refractivity contribution is 5.40. The van der Waals surface area contributed by atoms with Gasteiger partial charge in [-0.25, -0.2) is 4.39 Å². The highest BCUT2D eigenvalue weighted by Gasteiger charge is 2.10. The number of ether oxygens (including phenoxy) is 1. The maximum atomic E-state index is 13.2. The molecule has 18 heavy (non-hydrogen) atoms. The van der Waals surface area contributed by atoms with E-state index in [0.717, 1.165) is 11.6 Å². The molecule has 0 spiro atoms. The summed E-state index contributed by atoms with van der Waals surface area (Å²) in [4.78, 5) is 3.91. The first kappa shape index (κ1) is 12.4. The molecule has 2 rings (SSSR count). The summed E-state index contributed by atoms with van der Waals surface area (Å²) in [6, 6.07) is 7.31. The van der Waals surface area contributed by atoms with E-state index >= 15 is 0 Å². The van der Waals surface area contributed by atoms with Crippen LogP contribution in [0.15, 0.2) is 42.7 Å². The molecule has 1 aromatic heterocycles. The molecule has 0 fully saturated rings. The molecule has 2 aromatic rings. The average molecular weight is 252 g/mol.